The van der Waals surface area contributed by atoms with Crippen LogP contribution in [0.1, 0.15) is 36.0 Å². The van der Waals surface area contributed by atoms with E-state index in [0.29, 0.717) is 16.7 Å². The number of ether oxygens (including phenoxy) is 6. The minimum absolute atomic E-state index is 0.191. The van der Waals surface area contributed by atoms with Crippen LogP contribution in [0, 0.1) is 0 Å². The fourth-order valence-electron chi connectivity index (χ4n) is 4.06. The number of benzene rings is 3. The summed E-state index contributed by atoms with van der Waals surface area (Å²) in [4.78, 5) is 77.2. The largest absolute Gasteiger partial charge is 0.458 e. The summed E-state index contributed by atoms with van der Waals surface area (Å²) in [6, 6.07) is 25.8. The van der Waals surface area contributed by atoms with E-state index in [1.54, 1.807) is 91.0 Å². The first-order valence-electron chi connectivity index (χ1n) is 14.0. The zero-order chi connectivity index (χ0) is 32.0. The average Bonchev–Trinajstić information content (AvgIpc) is 3.05. The maximum absolute atomic E-state index is 12.9. The Balaban J connectivity index is 1.51. The van der Waals surface area contributed by atoms with Crippen molar-refractivity contribution in [2.75, 3.05) is 0 Å². The molecule has 0 unspecified atom stereocenters. The molecule has 45 heavy (non-hydrogen) atoms. The van der Waals surface area contributed by atoms with Gasteiger partial charge in [-0.15, -0.1) is 0 Å². The molecule has 0 saturated carbocycles. The van der Waals surface area contributed by atoms with Crippen molar-refractivity contribution in [3.05, 3.63) is 108 Å². The van der Waals surface area contributed by atoms with E-state index in [-0.39, 0.29) is 19.8 Å². The predicted octanol–water partition coefficient (Wildman–Crippen LogP) is 3.14. The lowest BCUT2D eigenvalue weighted by molar-refractivity contribution is -0.186. The minimum Gasteiger partial charge on any atom is -0.458 e. The molecule has 1 heterocycles. The van der Waals surface area contributed by atoms with Gasteiger partial charge in [0.15, 0.2) is 0 Å². The first kappa shape index (κ1) is 32.4. The van der Waals surface area contributed by atoms with Gasteiger partial charge < -0.3 is 28.4 Å². The summed E-state index contributed by atoms with van der Waals surface area (Å²) in [5, 5.41) is 0. The molecule has 234 valence electrons. The van der Waals surface area contributed by atoms with Gasteiger partial charge >= 0.3 is 35.8 Å². The molecule has 0 bridgehead atoms. The van der Waals surface area contributed by atoms with E-state index in [1.807, 2.05) is 0 Å². The predicted molar refractivity (Wildman–Crippen MR) is 152 cm³/mol. The van der Waals surface area contributed by atoms with Crippen LogP contribution < -0.4 is 0 Å². The van der Waals surface area contributed by atoms with Crippen LogP contribution in [0.25, 0.3) is 0 Å². The maximum atomic E-state index is 12.9. The number of carbonyl (C=O) groups is 6. The van der Waals surface area contributed by atoms with E-state index in [9.17, 15) is 28.8 Å². The maximum Gasteiger partial charge on any atom is 0.348 e. The fourth-order valence-corrected chi connectivity index (χ4v) is 4.06. The van der Waals surface area contributed by atoms with Crippen molar-refractivity contribution in [3.8, 4) is 0 Å². The minimum atomic E-state index is -1.80. The lowest BCUT2D eigenvalue weighted by Gasteiger charge is -2.23. The van der Waals surface area contributed by atoms with Gasteiger partial charge in [-0.2, -0.15) is 0 Å². The third-order valence-corrected chi connectivity index (χ3v) is 6.34. The van der Waals surface area contributed by atoms with E-state index in [0.717, 1.165) is 0 Å². The number of esters is 6. The van der Waals surface area contributed by atoms with Crippen molar-refractivity contribution in [2.24, 2.45) is 0 Å². The number of carbonyl (C=O) groups excluding carboxylic acids is 6. The topological polar surface area (TPSA) is 158 Å². The molecule has 3 atom stereocenters. The van der Waals surface area contributed by atoms with E-state index in [4.69, 9.17) is 28.4 Å². The molecule has 0 N–H and O–H groups in total. The molecule has 12 nitrogen and oxygen atoms in total. The second-order valence-electron chi connectivity index (χ2n) is 9.83. The zero-order valence-corrected chi connectivity index (χ0v) is 24.0. The second-order valence-corrected chi connectivity index (χ2v) is 9.83. The van der Waals surface area contributed by atoms with E-state index < -0.39 is 73.4 Å². The van der Waals surface area contributed by atoms with Crippen LogP contribution in [0.5, 0.6) is 0 Å². The SMILES string of the molecule is O=C1C[C@@H](C(=O)OCc2ccccc2)OC(=O)C[C@@H](C(=O)OCc2ccccc2)OC(=O)C[C@@H](C(=O)OCc2ccccc2)O1. The highest BCUT2D eigenvalue weighted by atomic mass is 16.6. The Morgan fingerprint density at radius 1 is 0.467 bits per heavy atom. The normalized spacial score (nSPS) is 18.9. The molecule has 0 aliphatic carbocycles. The zero-order valence-electron chi connectivity index (χ0n) is 24.0. The molecule has 0 radical (unpaired) electrons. The molecule has 0 aromatic heterocycles. The number of cyclic esters (lactones) is 3. The smallest absolute Gasteiger partial charge is 0.348 e. The molecule has 1 aliphatic heterocycles. The van der Waals surface area contributed by atoms with Gasteiger partial charge in [-0.25, -0.2) is 14.4 Å². The Morgan fingerprint density at radius 2 is 0.711 bits per heavy atom. The fraction of sp³-hybridized carbons (Fsp3) is 0.273. The third kappa shape index (κ3) is 10.6. The van der Waals surface area contributed by atoms with E-state index in [2.05, 4.69) is 0 Å². The van der Waals surface area contributed by atoms with Crippen LogP contribution >= 0.6 is 0 Å². The lowest BCUT2D eigenvalue weighted by Crippen LogP contribution is -2.40. The van der Waals surface area contributed by atoms with Gasteiger partial charge in [0.2, 0.25) is 18.3 Å². The molecule has 4 rings (SSSR count). The quantitative estimate of drug-likeness (QED) is 0.255. The van der Waals surface area contributed by atoms with Crippen LogP contribution in [-0.2, 0) is 77.0 Å². The van der Waals surface area contributed by atoms with Gasteiger partial charge in [-0.3, -0.25) is 14.4 Å². The van der Waals surface area contributed by atoms with Gasteiger partial charge in [0.25, 0.3) is 0 Å². The highest BCUT2D eigenvalue weighted by Crippen LogP contribution is 2.17. The summed E-state index contributed by atoms with van der Waals surface area (Å²) in [5.74, 6) is -6.70. The van der Waals surface area contributed by atoms with Crippen LogP contribution in [0.15, 0.2) is 91.0 Å². The number of rotatable bonds is 9. The Morgan fingerprint density at radius 3 is 0.956 bits per heavy atom. The first-order chi connectivity index (χ1) is 21.8. The van der Waals surface area contributed by atoms with Crippen LogP contribution in [-0.4, -0.2) is 54.1 Å². The van der Waals surface area contributed by atoms with Gasteiger partial charge in [0, 0.05) is 0 Å². The van der Waals surface area contributed by atoms with Gasteiger partial charge in [-0.1, -0.05) is 91.0 Å². The second kappa shape index (κ2) is 16.4. The van der Waals surface area contributed by atoms with Gasteiger partial charge in [-0.05, 0) is 16.7 Å². The van der Waals surface area contributed by atoms with Crippen molar-refractivity contribution < 1.29 is 57.2 Å². The highest BCUT2D eigenvalue weighted by molar-refractivity contribution is 5.90. The summed E-state index contributed by atoms with van der Waals surface area (Å²) in [7, 11) is 0. The van der Waals surface area contributed by atoms with Crippen molar-refractivity contribution in [1.29, 1.82) is 0 Å². The van der Waals surface area contributed by atoms with Gasteiger partial charge in [0.05, 0.1) is 19.3 Å². The molecule has 0 spiro atoms. The molecule has 3 aromatic carbocycles. The van der Waals surface area contributed by atoms with Crippen LogP contribution in [0.2, 0.25) is 0 Å². The van der Waals surface area contributed by atoms with Crippen molar-refractivity contribution >= 4 is 35.8 Å². The van der Waals surface area contributed by atoms with Gasteiger partial charge in [0.1, 0.15) is 19.8 Å². The summed E-state index contributed by atoms with van der Waals surface area (Å²) in [6.07, 6.45) is -7.94. The molecular formula is C33H30O12. The monoisotopic (exact) mass is 618 g/mol. The summed E-state index contributed by atoms with van der Waals surface area (Å²) >= 11 is 0. The van der Waals surface area contributed by atoms with Crippen LogP contribution in [0.3, 0.4) is 0 Å². The highest BCUT2D eigenvalue weighted by Gasteiger charge is 2.37. The Hall–Kier alpha value is -5.52. The number of hydrogen-bond acceptors (Lipinski definition) is 12. The third-order valence-electron chi connectivity index (χ3n) is 6.34. The molecular weight excluding hydrogens is 588 g/mol. The molecule has 1 fully saturated rings. The summed E-state index contributed by atoms with van der Waals surface area (Å²) < 4.78 is 31.3. The Bertz CT molecular complexity index is 1270. The lowest BCUT2D eigenvalue weighted by atomic mass is 10.2. The molecule has 12 heteroatoms. The van der Waals surface area contributed by atoms with Crippen molar-refractivity contribution in [3.63, 3.8) is 0 Å². The van der Waals surface area contributed by atoms with E-state index >= 15 is 0 Å². The Labute approximate surface area is 258 Å². The molecule has 3 aromatic rings. The Kier molecular flexibility index (Phi) is 11.8. The first-order valence-corrected chi connectivity index (χ1v) is 14.0. The number of hydrogen-bond donors (Lipinski definition) is 0. The molecule has 0 amide bonds. The van der Waals surface area contributed by atoms with Crippen molar-refractivity contribution in [2.45, 2.75) is 57.4 Å². The van der Waals surface area contributed by atoms with E-state index in [1.165, 1.54) is 0 Å². The molecule has 1 aliphatic rings. The van der Waals surface area contributed by atoms with Crippen LogP contribution in [0.4, 0.5) is 0 Å². The summed E-state index contributed by atoms with van der Waals surface area (Å²) in [6.45, 7) is -0.574. The average molecular weight is 619 g/mol. The molecule has 1 saturated heterocycles. The van der Waals surface area contributed by atoms with Crippen molar-refractivity contribution in [1.82, 2.24) is 0 Å². The summed E-state index contributed by atoms with van der Waals surface area (Å²) in [5.41, 5.74) is 1.88. The standard InChI is InChI=1S/C33H30O12/c34-28-16-25(31(37)40-19-22-10-4-1-5-11-22)43-29(35)17-26(32(38)41-20-23-12-6-2-7-13-23)45-30(36)18-27(44-28)33(39)42-21-24-14-8-3-9-15-24/h1-15,25-27H,16-21H2/t25-,26-,27-/m0/s1.